The van der Waals surface area contributed by atoms with Gasteiger partial charge in [0.15, 0.2) is 0 Å². The summed E-state index contributed by atoms with van der Waals surface area (Å²) in [6.07, 6.45) is -4.41. The van der Waals surface area contributed by atoms with E-state index in [-0.39, 0.29) is 18.3 Å². The van der Waals surface area contributed by atoms with Gasteiger partial charge in [0.25, 0.3) is 0 Å². The number of alkyl halides is 3. The first-order chi connectivity index (χ1) is 10.8. The van der Waals surface area contributed by atoms with Crippen LogP contribution >= 0.6 is 24.2 Å². The molecule has 2 aliphatic heterocycles. The van der Waals surface area contributed by atoms with Gasteiger partial charge in [-0.05, 0) is 0 Å². The molecule has 0 aromatic carbocycles. The van der Waals surface area contributed by atoms with Gasteiger partial charge in [0.1, 0.15) is 12.1 Å². The molecule has 6 nitrogen and oxygen atoms in total. The lowest BCUT2D eigenvalue weighted by atomic mass is 10.2. The van der Waals surface area contributed by atoms with Crippen LogP contribution in [-0.4, -0.2) is 84.2 Å². The van der Waals surface area contributed by atoms with Gasteiger partial charge in [-0.1, -0.05) is 0 Å². The van der Waals surface area contributed by atoms with Crippen molar-refractivity contribution in [2.45, 2.75) is 25.2 Å². The lowest BCUT2D eigenvalue weighted by Crippen LogP contribution is -2.58. The Morgan fingerprint density at radius 3 is 2.50 bits per heavy atom. The van der Waals surface area contributed by atoms with E-state index in [0.29, 0.717) is 37.8 Å². The third kappa shape index (κ3) is 5.40. The largest absolute Gasteiger partial charge is 0.405 e. The number of amides is 2. The summed E-state index contributed by atoms with van der Waals surface area (Å²) in [7, 11) is 0. The second kappa shape index (κ2) is 9.12. The molecule has 24 heavy (non-hydrogen) atoms. The Kier molecular flexibility index (Phi) is 8.10. The highest BCUT2D eigenvalue weighted by Crippen LogP contribution is 2.25. The Morgan fingerprint density at radius 2 is 1.96 bits per heavy atom. The second-order valence-electron chi connectivity index (χ2n) is 5.59. The average molecular weight is 391 g/mol. The number of nitrogens with zero attached hydrogens (tertiary/aromatic N) is 2. The normalized spacial score (nSPS) is 23.5. The Hall–Kier alpha value is -0.710. The van der Waals surface area contributed by atoms with E-state index in [1.54, 1.807) is 0 Å². The molecular formula is C13H22ClF3N4O2S. The molecule has 11 heteroatoms. The molecular weight excluding hydrogens is 369 g/mol. The molecule has 2 heterocycles. The molecule has 0 aromatic rings. The van der Waals surface area contributed by atoms with E-state index in [9.17, 15) is 22.8 Å². The van der Waals surface area contributed by atoms with Gasteiger partial charge in [-0.2, -0.15) is 13.2 Å². The zero-order valence-electron chi connectivity index (χ0n) is 13.3. The minimum atomic E-state index is -4.41. The molecule has 0 aliphatic carbocycles. The maximum absolute atomic E-state index is 13.3. The molecule has 2 rings (SSSR count). The highest BCUT2D eigenvalue weighted by molar-refractivity contribution is 7.99. The topological polar surface area (TPSA) is 64.7 Å². The SMILES string of the molecule is CC(=O)N1CSCC1C(=O)NCC(N1CCNCC1)C(F)(F)F.Cl. The third-order valence-corrected chi connectivity index (χ3v) is 5.04. The maximum Gasteiger partial charge on any atom is 0.405 e. The molecule has 2 amide bonds. The summed E-state index contributed by atoms with van der Waals surface area (Å²) in [5.74, 6) is 0.0446. The van der Waals surface area contributed by atoms with Crippen LogP contribution < -0.4 is 10.6 Å². The van der Waals surface area contributed by atoms with Gasteiger partial charge >= 0.3 is 6.18 Å². The highest BCUT2D eigenvalue weighted by atomic mass is 35.5. The number of hydrogen-bond acceptors (Lipinski definition) is 5. The maximum atomic E-state index is 13.3. The number of thioether (sulfide) groups is 1. The highest BCUT2D eigenvalue weighted by Gasteiger charge is 2.44. The van der Waals surface area contributed by atoms with Crippen LogP contribution in [0.5, 0.6) is 0 Å². The molecule has 2 atom stereocenters. The van der Waals surface area contributed by atoms with Crippen molar-refractivity contribution in [3.05, 3.63) is 0 Å². The van der Waals surface area contributed by atoms with Crippen LogP contribution in [-0.2, 0) is 9.59 Å². The fourth-order valence-corrected chi connectivity index (χ4v) is 3.95. The predicted molar refractivity (Wildman–Crippen MR) is 88.2 cm³/mol. The van der Waals surface area contributed by atoms with Crippen molar-refractivity contribution in [1.82, 2.24) is 20.4 Å². The number of nitrogens with one attached hydrogen (secondary N) is 2. The summed E-state index contributed by atoms with van der Waals surface area (Å²) in [6, 6.07) is -2.39. The van der Waals surface area contributed by atoms with Gasteiger partial charge in [-0.25, -0.2) is 0 Å². The summed E-state index contributed by atoms with van der Waals surface area (Å²) in [6.45, 7) is 2.44. The molecule has 2 aliphatic rings. The standard InChI is InChI=1S/C13H21F3N4O2S.ClH/c1-9(21)20-8-23-7-10(20)12(22)18-6-11(13(14,15)16)19-4-2-17-3-5-19;/h10-11,17H,2-8H2,1H3,(H,18,22);1H. The van der Waals surface area contributed by atoms with Gasteiger partial charge in [-0.15, -0.1) is 24.2 Å². The molecule has 0 radical (unpaired) electrons. The monoisotopic (exact) mass is 390 g/mol. The van der Waals surface area contributed by atoms with Crippen molar-refractivity contribution in [2.24, 2.45) is 0 Å². The second-order valence-corrected chi connectivity index (χ2v) is 6.59. The van der Waals surface area contributed by atoms with Gasteiger partial charge in [0.05, 0.1) is 5.88 Å². The van der Waals surface area contributed by atoms with Crippen molar-refractivity contribution < 1.29 is 22.8 Å². The van der Waals surface area contributed by atoms with Crippen LogP contribution in [0.25, 0.3) is 0 Å². The van der Waals surface area contributed by atoms with Crippen molar-refractivity contribution in [3.63, 3.8) is 0 Å². The lowest BCUT2D eigenvalue weighted by Gasteiger charge is -2.36. The fraction of sp³-hybridized carbons (Fsp3) is 0.846. The van der Waals surface area contributed by atoms with Crippen molar-refractivity contribution in [2.75, 3.05) is 44.4 Å². The summed E-state index contributed by atoms with van der Waals surface area (Å²) in [4.78, 5) is 26.3. The molecule has 0 aromatic heterocycles. The first-order valence-electron chi connectivity index (χ1n) is 7.45. The van der Waals surface area contributed by atoms with E-state index >= 15 is 0 Å². The quantitative estimate of drug-likeness (QED) is 0.722. The zero-order valence-corrected chi connectivity index (χ0v) is 14.9. The number of carbonyl (C=O) groups is 2. The smallest absolute Gasteiger partial charge is 0.352 e. The number of halogens is 4. The van der Waals surface area contributed by atoms with Crippen LogP contribution in [0.4, 0.5) is 13.2 Å². The summed E-state index contributed by atoms with van der Waals surface area (Å²) < 4.78 is 39.8. The van der Waals surface area contributed by atoms with Gasteiger partial charge in [0, 0.05) is 45.4 Å². The Bertz CT molecular complexity index is 449. The summed E-state index contributed by atoms with van der Waals surface area (Å²) in [5, 5.41) is 5.39. The van der Waals surface area contributed by atoms with Gasteiger partial charge in [-0.3, -0.25) is 14.5 Å². The minimum absolute atomic E-state index is 0. The molecule has 0 spiro atoms. The first-order valence-corrected chi connectivity index (χ1v) is 8.60. The van der Waals surface area contributed by atoms with Crippen LogP contribution in [0.3, 0.4) is 0 Å². The van der Waals surface area contributed by atoms with E-state index in [1.807, 2.05) is 0 Å². The third-order valence-electron chi connectivity index (χ3n) is 4.03. The van der Waals surface area contributed by atoms with Crippen LogP contribution in [0.1, 0.15) is 6.92 Å². The lowest BCUT2D eigenvalue weighted by molar-refractivity contribution is -0.184. The molecule has 2 unspecified atom stereocenters. The molecule has 140 valence electrons. The van der Waals surface area contributed by atoms with Crippen molar-refractivity contribution >= 4 is 36.0 Å². The van der Waals surface area contributed by atoms with E-state index in [4.69, 9.17) is 0 Å². The fourth-order valence-electron chi connectivity index (χ4n) is 2.73. The molecule has 0 bridgehead atoms. The summed E-state index contributed by atoms with van der Waals surface area (Å²) >= 11 is 1.42. The number of hydrogen-bond donors (Lipinski definition) is 2. The average Bonchev–Trinajstić information content (AvgIpc) is 2.96. The van der Waals surface area contributed by atoms with Crippen LogP contribution in [0.2, 0.25) is 0 Å². The zero-order chi connectivity index (χ0) is 17.0. The van der Waals surface area contributed by atoms with Gasteiger partial charge in [0.2, 0.25) is 11.8 Å². The molecule has 0 saturated carbocycles. The number of piperazine rings is 1. The summed E-state index contributed by atoms with van der Waals surface area (Å²) in [5.41, 5.74) is 0. The molecule has 2 fully saturated rings. The Balaban J connectivity index is 0.00000288. The van der Waals surface area contributed by atoms with E-state index < -0.39 is 30.7 Å². The van der Waals surface area contributed by atoms with Crippen molar-refractivity contribution in [1.29, 1.82) is 0 Å². The molecule has 2 saturated heterocycles. The minimum Gasteiger partial charge on any atom is -0.352 e. The number of carbonyl (C=O) groups excluding carboxylic acids is 2. The Morgan fingerprint density at radius 1 is 1.33 bits per heavy atom. The van der Waals surface area contributed by atoms with Crippen molar-refractivity contribution in [3.8, 4) is 0 Å². The van der Waals surface area contributed by atoms with Crippen LogP contribution in [0.15, 0.2) is 0 Å². The van der Waals surface area contributed by atoms with Crippen LogP contribution in [0, 0.1) is 0 Å². The predicted octanol–water partition coefficient (Wildman–Crippen LogP) is 0.282. The molecule has 2 N–H and O–H groups in total. The first kappa shape index (κ1) is 21.3. The van der Waals surface area contributed by atoms with Gasteiger partial charge < -0.3 is 15.5 Å². The van der Waals surface area contributed by atoms with E-state index in [2.05, 4.69) is 10.6 Å². The Labute approximate surface area is 149 Å². The van der Waals surface area contributed by atoms with E-state index in [0.717, 1.165) is 0 Å². The van der Waals surface area contributed by atoms with E-state index in [1.165, 1.54) is 28.5 Å². The number of rotatable bonds is 4.